The van der Waals surface area contributed by atoms with E-state index in [-0.39, 0.29) is 0 Å². The van der Waals surface area contributed by atoms with Crippen molar-refractivity contribution in [3.63, 3.8) is 0 Å². The van der Waals surface area contributed by atoms with Crippen molar-refractivity contribution in [2.24, 2.45) is 4.99 Å². The number of nitrogens with zero attached hydrogens (tertiary/aromatic N) is 3. The Morgan fingerprint density at radius 1 is 1.10 bits per heavy atom. The molecular formula is C14H7Cl2N3S2. The van der Waals surface area contributed by atoms with E-state index in [0.29, 0.717) is 15.7 Å². The molecule has 2 aromatic heterocycles. The summed E-state index contributed by atoms with van der Waals surface area (Å²) >= 11 is 15.2. The van der Waals surface area contributed by atoms with Crippen molar-refractivity contribution in [1.29, 1.82) is 0 Å². The highest BCUT2D eigenvalue weighted by molar-refractivity contribution is 7.24. The van der Waals surface area contributed by atoms with Crippen LogP contribution in [0.3, 0.4) is 0 Å². The zero-order valence-electron chi connectivity index (χ0n) is 10.5. The van der Waals surface area contributed by atoms with Crippen LogP contribution in [0.1, 0.15) is 0 Å². The van der Waals surface area contributed by atoms with Gasteiger partial charge in [-0.3, -0.25) is 4.40 Å². The van der Waals surface area contributed by atoms with E-state index in [9.17, 15) is 0 Å². The van der Waals surface area contributed by atoms with Crippen molar-refractivity contribution >= 4 is 66.9 Å². The first-order chi connectivity index (χ1) is 10.2. The SMILES string of the molecule is Clc1ccc(Cl)c(N=c2snc3sc4ccccc4n23)c1. The van der Waals surface area contributed by atoms with E-state index >= 15 is 0 Å². The fourth-order valence-electron chi connectivity index (χ4n) is 2.09. The number of para-hydroxylation sites is 1. The number of fused-ring (bicyclic) bond motifs is 3. The van der Waals surface area contributed by atoms with Gasteiger partial charge >= 0.3 is 0 Å². The lowest BCUT2D eigenvalue weighted by Crippen LogP contribution is -2.04. The third kappa shape index (κ3) is 2.26. The average Bonchev–Trinajstić information content (AvgIpc) is 3.03. The fourth-order valence-corrected chi connectivity index (χ4v) is 4.26. The molecule has 2 heterocycles. The Balaban J connectivity index is 2.06. The van der Waals surface area contributed by atoms with Crippen molar-refractivity contribution in [3.8, 4) is 0 Å². The molecule has 0 N–H and O–H groups in total. The number of benzene rings is 2. The highest BCUT2D eigenvalue weighted by atomic mass is 35.5. The van der Waals surface area contributed by atoms with Crippen molar-refractivity contribution in [1.82, 2.24) is 8.77 Å². The van der Waals surface area contributed by atoms with Crippen LogP contribution in [0.5, 0.6) is 0 Å². The maximum absolute atomic E-state index is 6.18. The molecule has 0 spiro atoms. The molecule has 0 aliphatic heterocycles. The van der Waals surface area contributed by atoms with Gasteiger partial charge in [-0.25, -0.2) is 4.99 Å². The molecule has 0 unspecified atom stereocenters. The molecular weight excluding hydrogens is 345 g/mol. The van der Waals surface area contributed by atoms with Crippen LogP contribution in [0, 0.1) is 0 Å². The first-order valence-electron chi connectivity index (χ1n) is 6.08. The van der Waals surface area contributed by atoms with Gasteiger partial charge in [-0.05, 0) is 30.3 Å². The zero-order chi connectivity index (χ0) is 14.4. The van der Waals surface area contributed by atoms with Crippen LogP contribution < -0.4 is 4.80 Å². The summed E-state index contributed by atoms with van der Waals surface area (Å²) in [6.07, 6.45) is 0. The first kappa shape index (κ1) is 13.3. The lowest BCUT2D eigenvalue weighted by Gasteiger charge is -1.97. The summed E-state index contributed by atoms with van der Waals surface area (Å²) < 4.78 is 7.68. The van der Waals surface area contributed by atoms with Gasteiger partial charge < -0.3 is 0 Å². The molecule has 0 aliphatic rings. The second-order valence-electron chi connectivity index (χ2n) is 4.36. The molecule has 0 radical (unpaired) electrons. The number of thiazole rings is 1. The Morgan fingerprint density at radius 2 is 1.95 bits per heavy atom. The molecule has 0 saturated heterocycles. The Hall–Kier alpha value is -1.40. The molecule has 4 aromatic rings. The van der Waals surface area contributed by atoms with Crippen LogP contribution in [0.15, 0.2) is 47.5 Å². The summed E-state index contributed by atoms with van der Waals surface area (Å²) in [5.41, 5.74) is 1.75. The average molecular weight is 352 g/mol. The minimum Gasteiger partial charge on any atom is -0.258 e. The molecule has 104 valence electrons. The molecule has 7 heteroatoms. The van der Waals surface area contributed by atoms with Gasteiger partial charge in [-0.15, -0.1) is 0 Å². The van der Waals surface area contributed by atoms with E-state index in [2.05, 4.69) is 21.5 Å². The molecule has 3 nitrogen and oxygen atoms in total. The molecule has 0 bridgehead atoms. The molecule has 0 fully saturated rings. The normalized spacial score (nSPS) is 12.6. The van der Waals surface area contributed by atoms with Gasteiger partial charge in [0.2, 0.25) is 9.76 Å². The summed E-state index contributed by atoms with van der Waals surface area (Å²) in [5, 5.41) is 1.18. The minimum atomic E-state index is 0.570. The topological polar surface area (TPSA) is 29.7 Å². The molecule has 0 amide bonds. The second kappa shape index (κ2) is 5.10. The Morgan fingerprint density at radius 3 is 2.86 bits per heavy atom. The Labute approximate surface area is 137 Å². The van der Waals surface area contributed by atoms with E-state index < -0.39 is 0 Å². The van der Waals surface area contributed by atoms with Crippen LogP contribution in [0.2, 0.25) is 10.0 Å². The van der Waals surface area contributed by atoms with E-state index in [1.165, 1.54) is 16.2 Å². The zero-order valence-corrected chi connectivity index (χ0v) is 13.6. The predicted molar refractivity (Wildman–Crippen MR) is 90.1 cm³/mol. The lowest BCUT2D eigenvalue weighted by atomic mass is 10.3. The van der Waals surface area contributed by atoms with Crippen molar-refractivity contribution in [2.45, 2.75) is 0 Å². The van der Waals surface area contributed by atoms with Gasteiger partial charge in [-0.1, -0.05) is 46.7 Å². The minimum absolute atomic E-state index is 0.570. The Bertz CT molecular complexity index is 1030. The Kier molecular flexibility index (Phi) is 3.23. The van der Waals surface area contributed by atoms with E-state index in [4.69, 9.17) is 23.2 Å². The van der Waals surface area contributed by atoms with Crippen LogP contribution in [0.4, 0.5) is 5.69 Å². The van der Waals surface area contributed by atoms with Crippen LogP contribution in [0.25, 0.3) is 15.2 Å². The van der Waals surface area contributed by atoms with Gasteiger partial charge in [0.1, 0.15) is 0 Å². The summed E-state index contributed by atoms with van der Waals surface area (Å²) in [7, 11) is 0. The van der Waals surface area contributed by atoms with E-state index in [1.54, 1.807) is 29.5 Å². The van der Waals surface area contributed by atoms with E-state index in [0.717, 1.165) is 15.3 Å². The smallest absolute Gasteiger partial charge is 0.215 e. The molecule has 2 aromatic carbocycles. The highest BCUT2D eigenvalue weighted by Crippen LogP contribution is 2.28. The summed E-state index contributed by atoms with van der Waals surface area (Å²) in [5.74, 6) is 0. The van der Waals surface area contributed by atoms with Crippen LogP contribution in [-0.2, 0) is 0 Å². The van der Waals surface area contributed by atoms with Crippen molar-refractivity contribution < 1.29 is 0 Å². The predicted octanol–water partition coefficient (Wildman–Crippen LogP) is 5.15. The first-order valence-corrected chi connectivity index (χ1v) is 8.43. The largest absolute Gasteiger partial charge is 0.258 e. The number of hydrogen-bond donors (Lipinski definition) is 0. The quantitative estimate of drug-likeness (QED) is 0.466. The van der Waals surface area contributed by atoms with Gasteiger partial charge in [0.05, 0.1) is 20.9 Å². The summed E-state index contributed by atoms with van der Waals surface area (Å²) in [6.45, 7) is 0. The van der Waals surface area contributed by atoms with Crippen LogP contribution in [-0.4, -0.2) is 8.77 Å². The fraction of sp³-hybridized carbons (Fsp3) is 0. The molecule has 0 saturated carbocycles. The van der Waals surface area contributed by atoms with Crippen LogP contribution >= 0.6 is 46.1 Å². The summed E-state index contributed by atoms with van der Waals surface area (Å²) in [4.78, 5) is 6.33. The molecule has 21 heavy (non-hydrogen) atoms. The lowest BCUT2D eigenvalue weighted by molar-refractivity contribution is 1.16. The molecule has 0 atom stereocenters. The van der Waals surface area contributed by atoms with Crippen molar-refractivity contribution in [2.75, 3.05) is 0 Å². The molecule has 4 rings (SSSR count). The van der Waals surface area contributed by atoms with Gasteiger partial charge in [0, 0.05) is 16.6 Å². The number of halogens is 2. The monoisotopic (exact) mass is 351 g/mol. The van der Waals surface area contributed by atoms with E-state index in [1.807, 2.05) is 16.5 Å². The highest BCUT2D eigenvalue weighted by Gasteiger charge is 2.08. The number of aromatic nitrogens is 2. The maximum atomic E-state index is 6.18. The third-order valence-corrected chi connectivity index (χ3v) is 5.41. The van der Waals surface area contributed by atoms with Gasteiger partial charge in [-0.2, -0.15) is 4.37 Å². The third-order valence-electron chi connectivity index (χ3n) is 3.02. The van der Waals surface area contributed by atoms with Gasteiger partial charge in [0.25, 0.3) is 0 Å². The van der Waals surface area contributed by atoms with Crippen molar-refractivity contribution in [3.05, 3.63) is 57.3 Å². The number of rotatable bonds is 1. The summed E-state index contributed by atoms with van der Waals surface area (Å²) in [6, 6.07) is 13.4. The van der Waals surface area contributed by atoms with Gasteiger partial charge in [0.15, 0.2) is 0 Å². The molecule has 0 aliphatic carbocycles. The second-order valence-corrected chi connectivity index (χ2v) is 6.94. The standard InChI is InChI=1S/C14H7Cl2N3S2/c15-8-5-6-9(16)10(7-8)17-13-19-11-3-1-2-4-12(11)20-14(19)18-21-13/h1-7H. The maximum Gasteiger partial charge on any atom is 0.215 e. The number of hydrogen-bond acceptors (Lipinski definition) is 4.